The van der Waals surface area contributed by atoms with E-state index in [4.69, 9.17) is 20.4 Å². The van der Waals surface area contributed by atoms with Gasteiger partial charge in [0.25, 0.3) is 0 Å². The second kappa shape index (κ2) is 5.88. The molecule has 2 rings (SSSR count). The van der Waals surface area contributed by atoms with Crippen LogP contribution in [0.4, 0.5) is 0 Å². The number of aryl methyl sites for hydroxylation is 2. The number of hydrogen-bond donors (Lipinski definition) is 2. The van der Waals surface area contributed by atoms with E-state index < -0.39 is 0 Å². The van der Waals surface area contributed by atoms with Gasteiger partial charge in [-0.05, 0) is 13.8 Å². The Morgan fingerprint density at radius 2 is 2.16 bits per heavy atom. The predicted molar refractivity (Wildman–Crippen MR) is 70.7 cm³/mol. The fraction of sp³-hybridized carbons (Fsp3) is 0.538. The van der Waals surface area contributed by atoms with Gasteiger partial charge in [-0.25, -0.2) is 0 Å². The summed E-state index contributed by atoms with van der Waals surface area (Å²) in [6, 6.07) is 1.82. The van der Waals surface area contributed by atoms with Gasteiger partial charge >= 0.3 is 0 Å². The van der Waals surface area contributed by atoms with E-state index in [0.29, 0.717) is 30.2 Å². The van der Waals surface area contributed by atoms with Gasteiger partial charge < -0.3 is 20.4 Å². The molecule has 3 N–H and O–H groups in total. The van der Waals surface area contributed by atoms with Gasteiger partial charge in [0.05, 0.1) is 24.5 Å². The maximum absolute atomic E-state index is 8.87. The largest absolute Gasteiger partial charge is 0.489 e. The molecule has 0 aromatic carbocycles. The number of amidine groups is 1. The van der Waals surface area contributed by atoms with E-state index in [2.05, 4.69) is 10.1 Å². The Hall–Kier alpha value is -1.82. The third-order valence-corrected chi connectivity index (χ3v) is 3.12. The molecule has 1 aromatic rings. The molecule has 1 aliphatic heterocycles. The smallest absolute Gasteiger partial charge is 0.175 e. The maximum Gasteiger partial charge on any atom is 0.175 e. The number of nitrogens with two attached hydrogens (primary N) is 1. The highest BCUT2D eigenvalue weighted by Gasteiger charge is 2.20. The molecule has 2 heterocycles. The van der Waals surface area contributed by atoms with Crippen molar-refractivity contribution < 1.29 is 14.7 Å². The van der Waals surface area contributed by atoms with Gasteiger partial charge in [-0.3, -0.25) is 4.98 Å². The van der Waals surface area contributed by atoms with Crippen molar-refractivity contribution in [2.45, 2.75) is 32.8 Å². The Balaban J connectivity index is 2.31. The lowest BCUT2D eigenvalue weighted by atomic mass is 10.1. The summed E-state index contributed by atoms with van der Waals surface area (Å²) in [4.78, 5) is 4.32. The lowest BCUT2D eigenvalue weighted by Crippen LogP contribution is -2.27. The van der Waals surface area contributed by atoms with Crippen molar-refractivity contribution in [2.24, 2.45) is 10.9 Å². The van der Waals surface area contributed by atoms with Crippen LogP contribution in [-0.2, 0) is 4.74 Å². The lowest BCUT2D eigenvalue weighted by Gasteiger charge is -2.25. The summed E-state index contributed by atoms with van der Waals surface area (Å²) in [5.74, 6) is 0.638. The molecule has 0 radical (unpaired) electrons. The molecule has 6 heteroatoms. The molecule has 1 saturated heterocycles. The van der Waals surface area contributed by atoms with Crippen molar-refractivity contribution in [3.63, 3.8) is 0 Å². The summed E-state index contributed by atoms with van der Waals surface area (Å²) in [5.41, 5.74) is 7.80. The number of pyridine rings is 1. The molecule has 1 aliphatic rings. The average molecular weight is 265 g/mol. The summed E-state index contributed by atoms with van der Waals surface area (Å²) in [7, 11) is 0. The molecule has 0 atom stereocenters. The molecule has 1 fully saturated rings. The first-order chi connectivity index (χ1) is 9.11. The van der Waals surface area contributed by atoms with Crippen LogP contribution >= 0.6 is 0 Å². The normalized spacial score (nSPS) is 17.5. The first kappa shape index (κ1) is 13.6. The van der Waals surface area contributed by atoms with E-state index in [1.54, 1.807) is 0 Å². The summed E-state index contributed by atoms with van der Waals surface area (Å²) in [6.07, 6.45) is 1.78. The number of hydrogen-bond acceptors (Lipinski definition) is 5. The van der Waals surface area contributed by atoms with Crippen LogP contribution in [0.3, 0.4) is 0 Å². The molecule has 0 spiro atoms. The van der Waals surface area contributed by atoms with Crippen molar-refractivity contribution in [3.05, 3.63) is 23.0 Å². The Bertz CT molecular complexity index is 482. The van der Waals surface area contributed by atoms with E-state index in [-0.39, 0.29) is 11.9 Å². The van der Waals surface area contributed by atoms with Crippen LogP contribution in [0.2, 0.25) is 0 Å². The zero-order valence-corrected chi connectivity index (χ0v) is 11.2. The van der Waals surface area contributed by atoms with Crippen LogP contribution in [0.15, 0.2) is 11.2 Å². The van der Waals surface area contributed by atoms with Crippen molar-refractivity contribution in [2.75, 3.05) is 13.2 Å². The Kier molecular flexibility index (Phi) is 4.21. The zero-order valence-electron chi connectivity index (χ0n) is 11.2. The molecule has 1 aromatic heterocycles. The van der Waals surface area contributed by atoms with Crippen LogP contribution in [0, 0.1) is 13.8 Å². The summed E-state index contributed by atoms with van der Waals surface area (Å²) in [5, 5.41) is 11.9. The van der Waals surface area contributed by atoms with Gasteiger partial charge in [0.2, 0.25) is 0 Å². The highest BCUT2D eigenvalue weighted by Crippen LogP contribution is 2.25. The maximum atomic E-state index is 8.87. The molecule has 0 bridgehead atoms. The standard InChI is InChI=1S/C13H19N3O3/c1-8-7-11(19-10-3-5-18-6-4-10)12(9(2)15-8)13(14)16-17/h7,10,17H,3-6H2,1-2H3,(H2,14,16). The van der Waals surface area contributed by atoms with E-state index in [0.717, 1.165) is 18.5 Å². The first-order valence-electron chi connectivity index (χ1n) is 6.32. The second-order valence-electron chi connectivity index (χ2n) is 4.64. The van der Waals surface area contributed by atoms with Crippen LogP contribution in [-0.4, -0.2) is 35.3 Å². The molecule has 0 amide bonds. The average Bonchev–Trinajstić information content (AvgIpc) is 2.38. The van der Waals surface area contributed by atoms with Crippen molar-refractivity contribution in [3.8, 4) is 5.75 Å². The third-order valence-electron chi connectivity index (χ3n) is 3.12. The van der Waals surface area contributed by atoms with E-state index in [1.165, 1.54) is 0 Å². The van der Waals surface area contributed by atoms with Crippen molar-refractivity contribution in [1.82, 2.24) is 4.98 Å². The Morgan fingerprint density at radius 1 is 1.47 bits per heavy atom. The van der Waals surface area contributed by atoms with E-state index in [1.807, 2.05) is 19.9 Å². The SMILES string of the molecule is Cc1cc(OC2CCOCC2)c(/C(N)=N/O)c(C)n1. The molecule has 0 saturated carbocycles. The van der Waals surface area contributed by atoms with Crippen LogP contribution in [0.1, 0.15) is 29.8 Å². The van der Waals surface area contributed by atoms with Gasteiger partial charge in [0, 0.05) is 24.6 Å². The fourth-order valence-electron chi connectivity index (χ4n) is 2.22. The van der Waals surface area contributed by atoms with Gasteiger partial charge in [0.15, 0.2) is 5.84 Å². The number of nitrogens with zero attached hydrogens (tertiary/aromatic N) is 2. The minimum absolute atomic E-state index is 0.0204. The monoisotopic (exact) mass is 265 g/mol. The quantitative estimate of drug-likeness (QED) is 0.372. The number of ether oxygens (including phenoxy) is 2. The van der Waals surface area contributed by atoms with Crippen LogP contribution in [0.25, 0.3) is 0 Å². The molecular weight excluding hydrogens is 246 g/mol. The summed E-state index contributed by atoms with van der Waals surface area (Å²) < 4.78 is 11.3. The Labute approximate surface area is 112 Å². The minimum atomic E-state index is 0.0204. The predicted octanol–water partition coefficient (Wildman–Crippen LogP) is 1.35. The molecular formula is C13H19N3O3. The van der Waals surface area contributed by atoms with E-state index >= 15 is 0 Å². The molecule has 6 nitrogen and oxygen atoms in total. The molecule has 19 heavy (non-hydrogen) atoms. The van der Waals surface area contributed by atoms with Crippen LogP contribution in [0.5, 0.6) is 5.75 Å². The Morgan fingerprint density at radius 3 is 2.79 bits per heavy atom. The topological polar surface area (TPSA) is 90.0 Å². The van der Waals surface area contributed by atoms with Crippen molar-refractivity contribution >= 4 is 5.84 Å². The second-order valence-corrected chi connectivity index (χ2v) is 4.64. The number of rotatable bonds is 3. The van der Waals surface area contributed by atoms with Gasteiger partial charge in [-0.15, -0.1) is 0 Å². The summed E-state index contributed by atoms with van der Waals surface area (Å²) in [6.45, 7) is 5.11. The lowest BCUT2D eigenvalue weighted by molar-refractivity contribution is 0.0254. The van der Waals surface area contributed by atoms with E-state index in [9.17, 15) is 0 Å². The molecule has 0 unspecified atom stereocenters. The minimum Gasteiger partial charge on any atom is -0.489 e. The van der Waals surface area contributed by atoms with Gasteiger partial charge in [0.1, 0.15) is 11.9 Å². The highest BCUT2D eigenvalue weighted by atomic mass is 16.5. The number of aromatic nitrogens is 1. The van der Waals surface area contributed by atoms with Gasteiger partial charge in [-0.1, -0.05) is 5.16 Å². The third kappa shape index (κ3) is 3.14. The number of oxime groups is 1. The zero-order chi connectivity index (χ0) is 13.8. The van der Waals surface area contributed by atoms with Crippen LogP contribution < -0.4 is 10.5 Å². The van der Waals surface area contributed by atoms with Gasteiger partial charge in [-0.2, -0.15) is 0 Å². The molecule has 0 aliphatic carbocycles. The first-order valence-corrected chi connectivity index (χ1v) is 6.32. The van der Waals surface area contributed by atoms with Crippen molar-refractivity contribution in [1.29, 1.82) is 0 Å². The fourth-order valence-corrected chi connectivity index (χ4v) is 2.22. The summed E-state index contributed by atoms with van der Waals surface area (Å²) >= 11 is 0. The molecule has 104 valence electrons. The highest BCUT2D eigenvalue weighted by molar-refractivity contribution is 6.00.